The highest BCUT2D eigenvalue weighted by Crippen LogP contribution is 2.17. The van der Waals surface area contributed by atoms with Crippen LogP contribution in [0, 0.1) is 0 Å². The summed E-state index contributed by atoms with van der Waals surface area (Å²) in [5.74, 6) is -0.883. The molecule has 0 aromatic heterocycles. The Morgan fingerprint density at radius 1 is 0.286 bits per heavy atom. The van der Waals surface area contributed by atoms with Gasteiger partial charge < -0.3 is 14.2 Å². The Kier molecular flexibility index (Phi) is 56.7. The maximum absolute atomic E-state index is 12.9. The monoisotopic (exact) mass is 981 g/mol. The molecule has 0 aliphatic rings. The summed E-state index contributed by atoms with van der Waals surface area (Å²) >= 11 is 0. The van der Waals surface area contributed by atoms with Crippen LogP contribution in [0.4, 0.5) is 0 Å². The van der Waals surface area contributed by atoms with Gasteiger partial charge >= 0.3 is 17.9 Å². The molecule has 0 rings (SSSR count). The van der Waals surface area contributed by atoms with E-state index < -0.39 is 6.10 Å². The molecule has 0 aliphatic carbocycles. The molecule has 0 spiro atoms. The summed E-state index contributed by atoms with van der Waals surface area (Å²) in [7, 11) is 0. The number of carbonyl (C=O) groups excluding carboxylic acids is 3. The van der Waals surface area contributed by atoms with Gasteiger partial charge in [0.25, 0.3) is 0 Å². The van der Waals surface area contributed by atoms with Crippen LogP contribution in [0.5, 0.6) is 0 Å². The summed E-state index contributed by atoms with van der Waals surface area (Å²) in [5.41, 5.74) is 0. The largest absolute Gasteiger partial charge is 0.462 e. The second-order valence-electron chi connectivity index (χ2n) is 20.6. The number of hydrogen-bond donors (Lipinski definition) is 0. The summed E-state index contributed by atoms with van der Waals surface area (Å²) in [4.78, 5) is 38.2. The fraction of sp³-hybridized carbons (Fsp3) is 0.828. The van der Waals surface area contributed by atoms with Gasteiger partial charge in [0, 0.05) is 19.3 Å². The first kappa shape index (κ1) is 67.4. The van der Waals surface area contributed by atoms with Crippen LogP contribution < -0.4 is 0 Å². The number of hydrogen-bond acceptors (Lipinski definition) is 6. The highest BCUT2D eigenvalue weighted by Gasteiger charge is 2.19. The Labute approximate surface area is 435 Å². The second-order valence-corrected chi connectivity index (χ2v) is 20.6. The van der Waals surface area contributed by atoms with Crippen LogP contribution in [-0.4, -0.2) is 37.2 Å². The highest BCUT2D eigenvalue weighted by atomic mass is 16.6. The molecule has 0 heterocycles. The van der Waals surface area contributed by atoms with Gasteiger partial charge in [-0.05, 0) is 77.0 Å². The predicted molar refractivity (Wildman–Crippen MR) is 302 cm³/mol. The lowest BCUT2D eigenvalue weighted by molar-refractivity contribution is -0.167. The summed E-state index contributed by atoms with van der Waals surface area (Å²) in [6.45, 7) is 6.60. The second kappa shape index (κ2) is 58.9. The summed E-state index contributed by atoms with van der Waals surface area (Å²) in [6, 6.07) is 0. The van der Waals surface area contributed by atoms with Gasteiger partial charge in [0.1, 0.15) is 13.2 Å². The zero-order chi connectivity index (χ0) is 50.7. The Morgan fingerprint density at radius 3 is 0.857 bits per heavy atom. The molecule has 6 nitrogen and oxygen atoms in total. The highest BCUT2D eigenvalue weighted by molar-refractivity contribution is 5.71. The van der Waals surface area contributed by atoms with E-state index in [2.05, 4.69) is 69.4 Å². The van der Waals surface area contributed by atoms with Crippen LogP contribution in [0.15, 0.2) is 48.6 Å². The molecule has 0 fully saturated rings. The maximum atomic E-state index is 12.9. The van der Waals surface area contributed by atoms with Gasteiger partial charge in [0.2, 0.25) is 0 Å². The lowest BCUT2D eigenvalue weighted by Gasteiger charge is -2.18. The Hall–Kier alpha value is -2.63. The molecule has 70 heavy (non-hydrogen) atoms. The van der Waals surface area contributed by atoms with E-state index >= 15 is 0 Å². The van der Waals surface area contributed by atoms with Gasteiger partial charge in [0.15, 0.2) is 6.10 Å². The van der Waals surface area contributed by atoms with E-state index in [-0.39, 0.29) is 31.1 Å². The lowest BCUT2D eigenvalue weighted by Crippen LogP contribution is -2.30. The van der Waals surface area contributed by atoms with Gasteiger partial charge in [-0.1, -0.05) is 275 Å². The SMILES string of the molecule is CCCC/C=C\C/C=C\CCCCCCCC(=O)OCC(COC(=O)CCCCCCCCCCCCCCCCCCCCCCC)OC(=O)CCCCCCCCC/C=C\C/C=C\CCCCC. The standard InChI is InChI=1S/C64H116O6/c1-4-7-10-13-16-19-22-25-28-30-31-32-33-35-36-39-42-45-48-51-54-57-63(66)69-60-61(59-68-62(65)56-53-50-47-44-41-38-27-24-21-18-15-12-9-6-3)70-64(67)58-55-52-49-46-43-40-37-34-29-26-23-20-17-14-11-8-5-2/h15,17-18,20,24,26-27,29,61H,4-14,16,19,21-23,25,28,30-60H2,1-3H3/b18-15-,20-17-,27-24-,29-26-. The number of unbranched alkanes of at least 4 members (excludes halogenated alkanes) is 37. The fourth-order valence-electron chi connectivity index (χ4n) is 8.90. The van der Waals surface area contributed by atoms with Crippen molar-refractivity contribution in [1.29, 1.82) is 0 Å². The molecular formula is C64H116O6. The first-order valence-corrected chi connectivity index (χ1v) is 30.6. The summed E-state index contributed by atoms with van der Waals surface area (Å²) in [6.07, 6.45) is 72.5. The topological polar surface area (TPSA) is 78.9 Å². The van der Waals surface area contributed by atoms with Crippen molar-refractivity contribution in [3.8, 4) is 0 Å². The van der Waals surface area contributed by atoms with Crippen molar-refractivity contribution in [3.05, 3.63) is 48.6 Å². The van der Waals surface area contributed by atoms with E-state index in [1.807, 2.05) is 0 Å². The molecule has 0 bridgehead atoms. The van der Waals surface area contributed by atoms with Crippen molar-refractivity contribution in [2.24, 2.45) is 0 Å². The van der Waals surface area contributed by atoms with Crippen molar-refractivity contribution in [3.63, 3.8) is 0 Å². The molecule has 0 N–H and O–H groups in total. The van der Waals surface area contributed by atoms with Gasteiger partial charge in [-0.25, -0.2) is 0 Å². The number of esters is 3. The minimum absolute atomic E-state index is 0.0777. The number of carbonyl (C=O) groups is 3. The molecular weight excluding hydrogens is 865 g/mol. The minimum atomic E-state index is -0.782. The van der Waals surface area contributed by atoms with Crippen molar-refractivity contribution in [2.45, 2.75) is 329 Å². The quantitative estimate of drug-likeness (QED) is 0.0261. The molecule has 0 saturated heterocycles. The van der Waals surface area contributed by atoms with Crippen LogP contribution in [0.1, 0.15) is 323 Å². The van der Waals surface area contributed by atoms with E-state index in [0.29, 0.717) is 19.3 Å². The van der Waals surface area contributed by atoms with Gasteiger partial charge in [-0.3, -0.25) is 14.4 Å². The third kappa shape index (κ3) is 56.3. The van der Waals surface area contributed by atoms with E-state index in [9.17, 15) is 14.4 Å². The van der Waals surface area contributed by atoms with Crippen LogP contribution in [0.3, 0.4) is 0 Å². The zero-order valence-electron chi connectivity index (χ0n) is 46.8. The van der Waals surface area contributed by atoms with Gasteiger partial charge in [-0.15, -0.1) is 0 Å². The van der Waals surface area contributed by atoms with Crippen LogP contribution in [-0.2, 0) is 28.6 Å². The smallest absolute Gasteiger partial charge is 0.306 e. The molecule has 6 heteroatoms. The lowest BCUT2D eigenvalue weighted by atomic mass is 10.0. The Morgan fingerprint density at radius 2 is 0.529 bits per heavy atom. The fourth-order valence-corrected chi connectivity index (χ4v) is 8.90. The molecule has 1 unspecified atom stereocenters. The molecule has 0 saturated carbocycles. The Bertz CT molecular complexity index is 1220. The first-order chi connectivity index (χ1) is 34.5. The summed E-state index contributed by atoms with van der Waals surface area (Å²) in [5, 5.41) is 0. The van der Waals surface area contributed by atoms with E-state index in [1.165, 1.54) is 193 Å². The molecule has 0 amide bonds. The van der Waals surface area contributed by atoms with Crippen molar-refractivity contribution in [1.82, 2.24) is 0 Å². The third-order valence-corrected chi connectivity index (χ3v) is 13.6. The predicted octanol–water partition coefficient (Wildman–Crippen LogP) is 20.6. The molecule has 0 aromatic carbocycles. The molecule has 0 aromatic rings. The van der Waals surface area contributed by atoms with Gasteiger partial charge in [-0.2, -0.15) is 0 Å². The first-order valence-electron chi connectivity index (χ1n) is 30.6. The van der Waals surface area contributed by atoms with E-state index in [0.717, 1.165) is 89.9 Å². The van der Waals surface area contributed by atoms with Crippen LogP contribution in [0.25, 0.3) is 0 Å². The molecule has 0 aliphatic heterocycles. The third-order valence-electron chi connectivity index (χ3n) is 13.6. The maximum Gasteiger partial charge on any atom is 0.306 e. The normalized spacial score (nSPS) is 12.3. The average Bonchev–Trinajstić information content (AvgIpc) is 3.36. The number of rotatable bonds is 56. The molecule has 0 radical (unpaired) electrons. The molecule has 1 atom stereocenters. The van der Waals surface area contributed by atoms with Crippen LogP contribution in [0.2, 0.25) is 0 Å². The van der Waals surface area contributed by atoms with Crippen molar-refractivity contribution < 1.29 is 28.6 Å². The van der Waals surface area contributed by atoms with Crippen molar-refractivity contribution >= 4 is 17.9 Å². The number of allylic oxidation sites excluding steroid dienone is 8. The van der Waals surface area contributed by atoms with Crippen LogP contribution >= 0.6 is 0 Å². The zero-order valence-corrected chi connectivity index (χ0v) is 46.8. The van der Waals surface area contributed by atoms with Gasteiger partial charge in [0.05, 0.1) is 0 Å². The van der Waals surface area contributed by atoms with E-state index in [1.54, 1.807) is 0 Å². The van der Waals surface area contributed by atoms with Crippen molar-refractivity contribution in [2.75, 3.05) is 13.2 Å². The van der Waals surface area contributed by atoms with E-state index in [4.69, 9.17) is 14.2 Å². The minimum Gasteiger partial charge on any atom is -0.462 e. The molecule has 408 valence electrons. The number of ether oxygens (including phenoxy) is 3. The summed E-state index contributed by atoms with van der Waals surface area (Å²) < 4.78 is 16.9. The average molecular weight is 982 g/mol. The Balaban J connectivity index is 4.33.